The number of fused-ring (bicyclic) bond motifs is 1. The van der Waals surface area contributed by atoms with Crippen LogP contribution in [0.2, 0.25) is 0 Å². The van der Waals surface area contributed by atoms with Gasteiger partial charge in [0, 0.05) is 6.42 Å². The van der Waals surface area contributed by atoms with Crippen molar-refractivity contribution < 1.29 is 23.5 Å². The van der Waals surface area contributed by atoms with Crippen molar-refractivity contribution in [3.8, 4) is 0 Å². The quantitative estimate of drug-likeness (QED) is 0.539. The molecule has 0 saturated carbocycles. The van der Waals surface area contributed by atoms with E-state index in [0.717, 1.165) is 0 Å². The molecule has 2 aromatic heterocycles. The van der Waals surface area contributed by atoms with Crippen molar-refractivity contribution in [2.24, 2.45) is 0 Å². The average molecular weight is 333 g/mol. The number of anilines is 1. The van der Waals surface area contributed by atoms with Crippen LogP contribution in [0.5, 0.6) is 0 Å². The summed E-state index contributed by atoms with van der Waals surface area (Å²) in [6.45, 7) is -0.0932. The molecule has 0 amide bonds. The summed E-state index contributed by atoms with van der Waals surface area (Å²) in [5.41, 5.74) is 5.11. The third kappa shape index (κ3) is 2.63. The van der Waals surface area contributed by atoms with Crippen molar-refractivity contribution >= 4 is 24.7 Å². The van der Waals surface area contributed by atoms with Crippen molar-refractivity contribution in [2.75, 3.05) is 5.73 Å². The van der Waals surface area contributed by atoms with Gasteiger partial charge < -0.3 is 24.8 Å². The second kappa shape index (κ2) is 5.13. The number of nitrogens with two attached hydrogens (primary N) is 1. The molecular formula is C10H13FN5O5P. The molecule has 0 bridgehead atoms. The van der Waals surface area contributed by atoms with E-state index in [1.54, 1.807) is 0 Å². The molecule has 0 radical (unpaired) electrons. The Labute approximate surface area is 122 Å². The van der Waals surface area contributed by atoms with Crippen molar-refractivity contribution in [1.82, 2.24) is 19.5 Å². The van der Waals surface area contributed by atoms with Crippen LogP contribution in [0.4, 0.5) is 10.3 Å². The van der Waals surface area contributed by atoms with Gasteiger partial charge in [0.1, 0.15) is 12.3 Å². The van der Waals surface area contributed by atoms with Gasteiger partial charge in [0.25, 0.3) is 5.56 Å². The number of nitrogens with zero attached hydrogens (tertiary/aromatic N) is 3. The molecule has 0 unspecified atom stereocenters. The maximum Gasteiger partial charge on any atom is 0.354 e. The number of rotatable bonds is 3. The van der Waals surface area contributed by atoms with Crippen LogP contribution >= 0.6 is 7.60 Å². The molecule has 3 heterocycles. The van der Waals surface area contributed by atoms with Gasteiger partial charge in [0.05, 0.1) is 12.9 Å². The molecule has 3 atom stereocenters. The van der Waals surface area contributed by atoms with Crippen LogP contribution in [0.1, 0.15) is 6.42 Å². The number of hydrogen-bond donors (Lipinski definition) is 4. The van der Waals surface area contributed by atoms with Crippen LogP contribution in [0, 0.1) is 0 Å². The van der Waals surface area contributed by atoms with Gasteiger partial charge in [-0.25, -0.2) is 9.37 Å². The average Bonchev–Trinajstić information content (AvgIpc) is 2.95. The fourth-order valence-corrected chi connectivity index (χ4v) is 3.15. The standard InChI is InChI=1S/C10H13FN5O5P/c11-4-1-6(22(18,19)20)21-5(4)2-16-3-13-7-8(16)14-10(12)15-9(7)17/h3-6H,1-2H2,(H2,18,19,20)(H3,12,14,15,17)/t4-,5+,6-/m0/s1. The van der Waals surface area contributed by atoms with Gasteiger partial charge in [-0.2, -0.15) is 4.98 Å². The molecule has 3 rings (SSSR count). The fourth-order valence-electron chi connectivity index (χ4n) is 2.36. The lowest BCUT2D eigenvalue weighted by Crippen LogP contribution is -2.24. The highest BCUT2D eigenvalue weighted by atomic mass is 31.2. The Bertz CT molecular complexity index is 816. The van der Waals surface area contributed by atoms with Crippen LogP contribution in [0.25, 0.3) is 11.2 Å². The van der Waals surface area contributed by atoms with E-state index in [4.69, 9.17) is 20.3 Å². The third-order valence-electron chi connectivity index (χ3n) is 3.41. The van der Waals surface area contributed by atoms with E-state index in [1.807, 2.05) is 0 Å². The van der Waals surface area contributed by atoms with Crippen LogP contribution < -0.4 is 11.3 Å². The lowest BCUT2D eigenvalue weighted by atomic mass is 10.2. The number of nitrogens with one attached hydrogen (secondary N) is 1. The number of nitrogen functional groups attached to an aromatic ring is 1. The highest BCUT2D eigenvalue weighted by Crippen LogP contribution is 2.48. The molecule has 1 aliphatic heterocycles. The molecule has 12 heteroatoms. The van der Waals surface area contributed by atoms with Gasteiger partial charge in [-0.3, -0.25) is 14.3 Å². The van der Waals surface area contributed by atoms with Crippen molar-refractivity contribution in [1.29, 1.82) is 0 Å². The lowest BCUT2D eigenvalue weighted by molar-refractivity contribution is 0.0400. The molecule has 0 spiro atoms. The summed E-state index contributed by atoms with van der Waals surface area (Å²) >= 11 is 0. The molecule has 10 nitrogen and oxygen atoms in total. The summed E-state index contributed by atoms with van der Waals surface area (Å²) in [5, 5.41) is 0. The zero-order chi connectivity index (χ0) is 16.1. The predicted octanol–water partition coefficient (Wildman–Crippen LogP) is -0.667. The van der Waals surface area contributed by atoms with E-state index in [0.29, 0.717) is 0 Å². The minimum absolute atomic E-state index is 0.0362. The Morgan fingerprint density at radius 2 is 2.32 bits per heavy atom. The summed E-state index contributed by atoms with van der Waals surface area (Å²) in [6, 6.07) is 0. The van der Waals surface area contributed by atoms with Crippen LogP contribution in [-0.4, -0.2) is 47.4 Å². The zero-order valence-corrected chi connectivity index (χ0v) is 12.0. The maximum absolute atomic E-state index is 13.9. The summed E-state index contributed by atoms with van der Waals surface area (Å²) in [7, 11) is -4.52. The molecule has 2 aromatic rings. The van der Waals surface area contributed by atoms with Crippen molar-refractivity contribution in [3.05, 3.63) is 16.7 Å². The fraction of sp³-hybridized carbons (Fsp3) is 0.500. The van der Waals surface area contributed by atoms with Gasteiger partial charge >= 0.3 is 7.60 Å². The third-order valence-corrected chi connectivity index (χ3v) is 4.49. The number of alkyl halides is 1. The van der Waals surface area contributed by atoms with E-state index in [2.05, 4.69) is 15.0 Å². The minimum Gasteiger partial charge on any atom is -0.369 e. The van der Waals surface area contributed by atoms with E-state index in [9.17, 15) is 13.8 Å². The normalized spacial score (nSPS) is 25.9. The van der Waals surface area contributed by atoms with E-state index in [1.165, 1.54) is 10.9 Å². The number of H-pyrrole nitrogens is 1. The molecule has 0 aromatic carbocycles. The first-order chi connectivity index (χ1) is 10.3. The summed E-state index contributed by atoms with van der Waals surface area (Å²) in [5.74, 6) is -1.58. The molecule has 5 N–H and O–H groups in total. The molecule has 1 saturated heterocycles. The number of hydrogen-bond acceptors (Lipinski definition) is 6. The second-order valence-electron chi connectivity index (χ2n) is 4.99. The molecule has 22 heavy (non-hydrogen) atoms. The molecule has 1 aliphatic rings. The zero-order valence-electron chi connectivity index (χ0n) is 11.1. The first-order valence-corrected chi connectivity index (χ1v) is 7.99. The van der Waals surface area contributed by atoms with Gasteiger partial charge in [-0.1, -0.05) is 0 Å². The number of aromatic nitrogens is 4. The second-order valence-corrected chi connectivity index (χ2v) is 6.74. The van der Waals surface area contributed by atoms with Gasteiger partial charge in [-0.15, -0.1) is 0 Å². The number of imidazole rings is 1. The van der Waals surface area contributed by atoms with Crippen LogP contribution in [0.3, 0.4) is 0 Å². The minimum atomic E-state index is -4.52. The Kier molecular flexibility index (Phi) is 3.52. The number of aromatic amines is 1. The van der Waals surface area contributed by atoms with Crippen LogP contribution in [0.15, 0.2) is 11.1 Å². The Hall–Kier alpha value is -1.81. The molecule has 120 valence electrons. The van der Waals surface area contributed by atoms with Crippen molar-refractivity contribution in [3.63, 3.8) is 0 Å². The number of ether oxygens (including phenoxy) is 1. The predicted molar refractivity (Wildman–Crippen MR) is 72.8 cm³/mol. The highest BCUT2D eigenvalue weighted by molar-refractivity contribution is 7.52. The highest BCUT2D eigenvalue weighted by Gasteiger charge is 2.44. The molecule has 1 fully saturated rings. The van der Waals surface area contributed by atoms with E-state index >= 15 is 0 Å². The SMILES string of the molecule is Nc1nc2c(ncn2C[C@H]2O[C@@H](P(=O)(O)O)C[C@@H]2F)c(=O)[nH]1. The topological polar surface area (TPSA) is 156 Å². The van der Waals surface area contributed by atoms with E-state index < -0.39 is 37.7 Å². The largest absolute Gasteiger partial charge is 0.369 e. The molecule has 0 aliphatic carbocycles. The first-order valence-electron chi connectivity index (χ1n) is 6.31. The monoisotopic (exact) mass is 333 g/mol. The van der Waals surface area contributed by atoms with Crippen molar-refractivity contribution in [2.45, 2.75) is 31.1 Å². The van der Waals surface area contributed by atoms with Crippen LogP contribution in [-0.2, 0) is 15.8 Å². The first kappa shape index (κ1) is 15.1. The Morgan fingerprint density at radius 3 is 2.95 bits per heavy atom. The van der Waals surface area contributed by atoms with E-state index in [-0.39, 0.29) is 23.7 Å². The van der Waals surface area contributed by atoms with Gasteiger partial charge in [-0.05, 0) is 0 Å². The van der Waals surface area contributed by atoms with Gasteiger partial charge in [0.2, 0.25) is 5.95 Å². The van der Waals surface area contributed by atoms with Gasteiger partial charge in [0.15, 0.2) is 17.0 Å². The summed E-state index contributed by atoms with van der Waals surface area (Å²) in [6.07, 6.45) is -1.74. The Morgan fingerprint density at radius 1 is 1.59 bits per heavy atom. The summed E-state index contributed by atoms with van der Waals surface area (Å²) < 4.78 is 31.5. The number of halogens is 1. The lowest BCUT2D eigenvalue weighted by Gasteiger charge is -2.15. The Balaban J connectivity index is 1.88. The maximum atomic E-state index is 13.9. The summed E-state index contributed by atoms with van der Waals surface area (Å²) in [4.78, 5) is 39.8. The molecular weight excluding hydrogens is 320 g/mol. The smallest absolute Gasteiger partial charge is 0.354 e.